The molecule has 0 aromatic heterocycles. The number of nitrogens with zero attached hydrogens (tertiary/aromatic N) is 2. The first-order valence-corrected chi connectivity index (χ1v) is 12.2. The van der Waals surface area contributed by atoms with Gasteiger partial charge >= 0.3 is 5.97 Å². The van der Waals surface area contributed by atoms with Gasteiger partial charge in [0, 0.05) is 28.1 Å². The molecule has 0 fully saturated rings. The van der Waals surface area contributed by atoms with Crippen molar-refractivity contribution in [2.75, 3.05) is 4.90 Å². The van der Waals surface area contributed by atoms with Crippen molar-refractivity contribution in [2.24, 2.45) is 0 Å². The molecule has 1 aliphatic rings. The van der Waals surface area contributed by atoms with Crippen LogP contribution in [-0.2, 0) is 21.6 Å². The molecule has 0 unspecified atom stereocenters. The number of esters is 1. The lowest BCUT2D eigenvalue weighted by atomic mass is 9.82. The number of ether oxygens (including phenoxy) is 1. The second-order valence-electron chi connectivity index (χ2n) is 9.89. The molecule has 0 saturated heterocycles. The highest BCUT2D eigenvalue weighted by Crippen LogP contribution is 2.50. The van der Waals surface area contributed by atoms with Crippen LogP contribution in [0.3, 0.4) is 0 Å². The number of rotatable bonds is 6. The number of hydrogen-bond donors (Lipinski definition) is 0. The zero-order chi connectivity index (χ0) is 26.2. The first-order chi connectivity index (χ1) is 17.8. The van der Waals surface area contributed by atoms with Gasteiger partial charge in [-0.15, -0.1) is 0 Å². The predicted octanol–water partition coefficient (Wildman–Crippen LogP) is 8.63. The molecular formula is C33H28N2O2. The Kier molecular flexibility index (Phi) is 6.15. The SMILES string of the molecule is [C-]#[N+]c1ccc(N(c2ccc(COC(=O)C(=C)C)cc2)c2ccc3c(c2)C(C)(C)c2ccccc2-3)cc1. The molecule has 0 amide bonds. The monoisotopic (exact) mass is 484 g/mol. The molecule has 0 heterocycles. The summed E-state index contributed by atoms with van der Waals surface area (Å²) in [6, 6.07) is 30.9. The number of anilines is 3. The molecule has 0 radical (unpaired) electrons. The summed E-state index contributed by atoms with van der Waals surface area (Å²) in [5, 5.41) is 0. The molecule has 182 valence electrons. The summed E-state index contributed by atoms with van der Waals surface area (Å²) in [6.45, 7) is 17.3. The molecule has 4 aromatic rings. The van der Waals surface area contributed by atoms with Gasteiger partial charge in [0.05, 0.1) is 6.57 Å². The van der Waals surface area contributed by atoms with Gasteiger partial charge in [0.2, 0.25) is 0 Å². The highest BCUT2D eigenvalue weighted by Gasteiger charge is 2.35. The maximum absolute atomic E-state index is 11.8. The third kappa shape index (κ3) is 4.41. The van der Waals surface area contributed by atoms with Gasteiger partial charge in [0.1, 0.15) is 6.61 Å². The average molecular weight is 485 g/mol. The van der Waals surface area contributed by atoms with Crippen molar-refractivity contribution in [2.45, 2.75) is 32.8 Å². The minimum absolute atomic E-state index is 0.113. The van der Waals surface area contributed by atoms with Crippen LogP contribution in [0, 0.1) is 6.57 Å². The van der Waals surface area contributed by atoms with E-state index in [-0.39, 0.29) is 12.0 Å². The molecule has 0 atom stereocenters. The second kappa shape index (κ2) is 9.44. The number of benzene rings is 4. The average Bonchev–Trinajstić information content (AvgIpc) is 3.15. The van der Waals surface area contributed by atoms with Gasteiger partial charge < -0.3 is 9.64 Å². The van der Waals surface area contributed by atoms with E-state index >= 15 is 0 Å². The number of carbonyl (C=O) groups is 1. The Balaban J connectivity index is 1.55. The van der Waals surface area contributed by atoms with E-state index in [1.807, 2.05) is 48.5 Å². The molecule has 4 nitrogen and oxygen atoms in total. The number of fused-ring (bicyclic) bond motifs is 3. The van der Waals surface area contributed by atoms with Gasteiger partial charge in [-0.25, -0.2) is 9.64 Å². The summed E-state index contributed by atoms with van der Waals surface area (Å²) in [5.74, 6) is -0.396. The minimum Gasteiger partial charge on any atom is -0.457 e. The Bertz CT molecular complexity index is 1540. The summed E-state index contributed by atoms with van der Waals surface area (Å²) in [5.41, 5.74) is 9.92. The van der Waals surface area contributed by atoms with Crippen LogP contribution in [0.5, 0.6) is 0 Å². The van der Waals surface area contributed by atoms with Crippen LogP contribution < -0.4 is 4.90 Å². The lowest BCUT2D eigenvalue weighted by Crippen LogP contribution is -2.16. The van der Waals surface area contributed by atoms with Crippen molar-refractivity contribution in [3.63, 3.8) is 0 Å². The lowest BCUT2D eigenvalue weighted by molar-refractivity contribution is -0.140. The Morgan fingerprint density at radius 2 is 1.46 bits per heavy atom. The fraction of sp³-hybridized carbons (Fsp3) is 0.152. The van der Waals surface area contributed by atoms with Crippen LogP contribution in [0.25, 0.3) is 16.0 Å². The molecule has 0 N–H and O–H groups in total. The van der Waals surface area contributed by atoms with Crippen LogP contribution in [0.2, 0.25) is 0 Å². The molecule has 4 heteroatoms. The summed E-state index contributed by atoms with van der Waals surface area (Å²) in [6.07, 6.45) is 0. The summed E-state index contributed by atoms with van der Waals surface area (Å²) in [4.78, 5) is 17.5. The maximum Gasteiger partial charge on any atom is 0.333 e. The van der Waals surface area contributed by atoms with Gasteiger partial charge in [0.25, 0.3) is 0 Å². The van der Waals surface area contributed by atoms with E-state index in [0.29, 0.717) is 11.3 Å². The van der Waals surface area contributed by atoms with E-state index < -0.39 is 5.97 Å². The smallest absolute Gasteiger partial charge is 0.333 e. The largest absolute Gasteiger partial charge is 0.457 e. The second-order valence-corrected chi connectivity index (χ2v) is 9.89. The Morgan fingerprint density at radius 1 is 0.865 bits per heavy atom. The van der Waals surface area contributed by atoms with Crippen molar-refractivity contribution in [1.82, 2.24) is 0 Å². The third-order valence-electron chi connectivity index (χ3n) is 6.98. The van der Waals surface area contributed by atoms with Crippen LogP contribution >= 0.6 is 0 Å². The van der Waals surface area contributed by atoms with Gasteiger partial charge in [-0.1, -0.05) is 75.0 Å². The van der Waals surface area contributed by atoms with Gasteiger partial charge in [-0.05, 0) is 71.1 Å². The maximum atomic E-state index is 11.8. The number of carbonyl (C=O) groups excluding carboxylic acids is 1. The molecule has 4 aromatic carbocycles. The molecule has 1 aliphatic carbocycles. The fourth-order valence-electron chi connectivity index (χ4n) is 4.97. The molecule has 5 rings (SSSR count). The highest BCUT2D eigenvalue weighted by atomic mass is 16.5. The van der Waals surface area contributed by atoms with E-state index in [0.717, 1.165) is 22.6 Å². The first-order valence-electron chi connectivity index (χ1n) is 12.2. The Labute approximate surface area is 218 Å². The first kappa shape index (κ1) is 24.1. The van der Waals surface area contributed by atoms with Crippen LogP contribution in [0.15, 0.2) is 103 Å². The molecule has 0 saturated carbocycles. The van der Waals surface area contributed by atoms with E-state index in [1.54, 1.807) is 6.92 Å². The van der Waals surface area contributed by atoms with Gasteiger partial charge in [-0.2, -0.15) is 0 Å². The van der Waals surface area contributed by atoms with Gasteiger partial charge in [-0.3, -0.25) is 0 Å². The van der Waals surface area contributed by atoms with E-state index in [2.05, 4.69) is 72.6 Å². The van der Waals surface area contributed by atoms with Crippen molar-refractivity contribution in [1.29, 1.82) is 0 Å². The zero-order valence-electron chi connectivity index (χ0n) is 21.3. The van der Waals surface area contributed by atoms with Crippen LogP contribution in [0.1, 0.15) is 37.5 Å². The molecular weight excluding hydrogens is 456 g/mol. The van der Waals surface area contributed by atoms with Crippen molar-refractivity contribution in [3.05, 3.63) is 131 Å². The Morgan fingerprint density at radius 3 is 2.11 bits per heavy atom. The molecule has 0 aliphatic heterocycles. The Hall–Kier alpha value is -4.62. The molecule has 37 heavy (non-hydrogen) atoms. The van der Waals surface area contributed by atoms with Crippen molar-refractivity contribution in [3.8, 4) is 11.1 Å². The normalized spacial score (nSPS) is 12.7. The quantitative estimate of drug-likeness (QED) is 0.156. The standard InChI is InChI=1S/C33H28N2O2/c1-22(2)32(36)37-21-23-10-14-25(15-11-23)35(26-16-12-24(34-5)13-17-26)27-18-19-29-28-8-6-7-9-30(28)33(3,4)31(29)20-27/h6-20H,1,21H2,2-4H3. The van der Waals surface area contributed by atoms with E-state index in [1.165, 1.54) is 22.3 Å². The van der Waals surface area contributed by atoms with E-state index in [9.17, 15) is 4.79 Å². The minimum atomic E-state index is -0.396. The predicted molar refractivity (Wildman–Crippen MR) is 150 cm³/mol. The summed E-state index contributed by atoms with van der Waals surface area (Å²) in [7, 11) is 0. The third-order valence-corrected chi connectivity index (χ3v) is 6.98. The van der Waals surface area contributed by atoms with Crippen molar-refractivity contribution >= 4 is 28.7 Å². The summed E-state index contributed by atoms with van der Waals surface area (Å²) < 4.78 is 5.31. The van der Waals surface area contributed by atoms with Crippen molar-refractivity contribution < 1.29 is 9.53 Å². The summed E-state index contributed by atoms with van der Waals surface area (Å²) >= 11 is 0. The molecule has 0 spiro atoms. The molecule has 0 bridgehead atoms. The van der Waals surface area contributed by atoms with Crippen LogP contribution in [0.4, 0.5) is 22.7 Å². The number of hydrogen-bond acceptors (Lipinski definition) is 3. The zero-order valence-corrected chi connectivity index (χ0v) is 21.3. The fourth-order valence-corrected chi connectivity index (χ4v) is 4.97. The van der Waals surface area contributed by atoms with E-state index in [4.69, 9.17) is 11.3 Å². The lowest BCUT2D eigenvalue weighted by Gasteiger charge is -2.28. The topological polar surface area (TPSA) is 33.9 Å². The highest BCUT2D eigenvalue weighted by molar-refractivity contribution is 5.87. The van der Waals surface area contributed by atoms with Crippen LogP contribution in [-0.4, -0.2) is 5.97 Å². The van der Waals surface area contributed by atoms with Gasteiger partial charge in [0.15, 0.2) is 5.69 Å².